The third-order valence-electron chi connectivity index (χ3n) is 2.65. The molecule has 0 radical (unpaired) electrons. The van der Waals surface area contributed by atoms with Crippen LogP contribution in [0, 0.1) is 0 Å². The molecule has 0 bridgehead atoms. The van der Waals surface area contributed by atoms with Crippen molar-refractivity contribution in [3.63, 3.8) is 0 Å². The highest BCUT2D eigenvalue weighted by Crippen LogP contribution is 2.17. The molecule has 110 valence electrons. The minimum Gasteiger partial charge on any atom is -0.508 e. The quantitative estimate of drug-likeness (QED) is 0.279. The van der Waals surface area contributed by atoms with Gasteiger partial charge in [-0.1, -0.05) is 30.3 Å². The summed E-state index contributed by atoms with van der Waals surface area (Å²) in [5.74, 6) is -0.802. The van der Waals surface area contributed by atoms with Crippen LogP contribution in [0.25, 0.3) is 0 Å². The van der Waals surface area contributed by atoms with Crippen LogP contribution in [0.1, 0.15) is 15.9 Å². The van der Waals surface area contributed by atoms with E-state index in [-0.39, 0.29) is 23.7 Å². The predicted molar refractivity (Wildman–Crippen MR) is 72.4 cm³/mol. The van der Waals surface area contributed by atoms with Gasteiger partial charge in [-0.05, 0) is 18.2 Å². The van der Waals surface area contributed by atoms with Crippen molar-refractivity contribution in [2.45, 2.75) is 6.61 Å². The molecule has 2 aromatic carbocycles. The number of ether oxygens (including phenoxy) is 1. The maximum absolute atomic E-state index is 11.6. The highest BCUT2D eigenvalue weighted by Gasteiger charge is 2.11. The fourth-order valence-electron chi connectivity index (χ4n) is 1.57. The van der Waals surface area contributed by atoms with Gasteiger partial charge in [-0.2, -0.15) is 4.89 Å². The van der Waals surface area contributed by atoms with Gasteiger partial charge in [-0.25, -0.2) is 9.68 Å². The van der Waals surface area contributed by atoms with Crippen molar-refractivity contribution in [2.75, 3.05) is 6.79 Å². The average molecular weight is 290 g/mol. The zero-order valence-corrected chi connectivity index (χ0v) is 11.1. The van der Waals surface area contributed by atoms with Crippen LogP contribution in [0.4, 0.5) is 0 Å². The van der Waals surface area contributed by atoms with Crippen LogP contribution in [0.2, 0.25) is 0 Å². The Morgan fingerprint density at radius 2 is 1.57 bits per heavy atom. The molecule has 0 saturated heterocycles. The number of aromatic hydroxyl groups is 2. The van der Waals surface area contributed by atoms with Gasteiger partial charge in [0.25, 0.3) is 0 Å². The maximum Gasteiger partial charge on any atom is 0.344 e. The molecule has 0 amide bonds. The number of phenols is 2. The number of hydrogen-bond acceptors (Lipinski definition) is 6. The molecule has 0 heterocycles. The first-order chi connectivity index (χ1) is 10.2. The zero-order valence-electron chi connectivity index (χ0n) is 11.1. The van der Waals surface area contributed by atoms with Crippen molar-refractivity contribution in [2.24, 2.45) is 0 Å². The van der Waals surface area contributed by atoms with Crippen LogP contribution in [-0.4, -0.2) is 23.0 Å². The van der Waals surface area contributed by atoms with Crippen molar-refractivity contribution in [3.8, 4) is 11.5 Å². The van der Waals surface area contributed by atoms with Gasteiger partial charge in [0.15, 0.2) is 0 Å². The lowest BCUT2D eigenvalue weighted by atomic mass is 10.2. The van der Waals surface area contributed by atoms with E-state index in [1.54, 1.807) is 30.3 Å². The van der Waals surface area contributed by atoms with Crippen molar-refractivity contribution in [3.05, 3.63) is 59.7 Å². The minimum atomic E-state index is -0.723. The second-order valence-electron chi connectivity index (χ2n) is 4.08. The molecule has 21 heavy (non-hydrogen) atoms. The number of esters is 1. The second-order valence-corrected chi connectivity index (χ2v) is 4.08. The van der Waals surface area contributed by atoms with Gasteiger partial charge in [0.1, 0.15) is 23.7 Å². The van der Waals surface area contributed by atoms with Crippen LogP contribution in [0.3, 0.4) is 0 Å². The number of rotatable bonds is 6. The molecule has 0 atom stereocenters. The molecule has 0 aliphatic rings. The van der Waals surface area contributed by atoms with E-state index in [0.717, 1.165) is 0 Å². The molecular weight excluding hydrogens is 276 g/mol. The van der Waals surface area contributed by atoms with E-state index in [2.05, 4.69) is 4.89 Å². The van der Waals surface area contributed by atoms with Crippen LogP contribution in [-0.2, 0) is 21.1 Å². The van der Waals surface area contributed by atoms with Crippen LogP contribution >= 0.6 is 0 Å². The number of para-hydroxylation sites is 2. The average Bonchev–Trinajstić information content (AvgIpc) is 2.49. The molecule has 0 unspecified atom stereocenters. The Hall–Kier alpha value is -2.57. The van der Waals surface area contributed by atoms with E-state index < -0.39 is 12.8 Å². The summed E-state index contributed by atoms with van der Waals surface area (Å²) in [6.07, 6.45) is 0. The SMILES string of the molecule is O=C(OCOOCc1ccccc1O)c1ccccc1O. The van der Waals surface area contributed by atoms with E-state index in [9.17, 15) is 15.0 Å². The molecule has 0 spiro atoms. The zero-order chi connectivity index (χ0) is 15.1. The fraction of sp³-hybridized carbons (Fsp3) is 0.133. The molecule has 6 heteroatoms. The van der Waals surface area contributed by atoms with Gasteiger partial charge in [0, 0.05) is 5.56 Å². The molecule has 0 aliphatic heterocycles. The molecule has 0 saturated carbocycles. The summed E-state index contributed by atoms with van der Waals surface area (Å²) in [4.78, 5) is 21.1. The minimum absolute atomic E-state index is 0.0147. The third-order valence-corrected chi connectivity index (χ3v) is 2.65. The topological polar surface area (TPSA) is 85.2 Å². The molecule has 0 fully saturated rings. The van der Waals surface area contributed by atoms with E-state index in [1.807, 2.05) is 0 Å². The Balaban J connectivity index is 1.72. The largest absolute Gasteiger partial charge is 0.508 e. The first kappa shape index (κ1) is 14.8. The lowest BCUT2D eigenvalue weighted by Crippen LogP contribution is -2.09. The standard InChI is InChI=1S/C15H14O6/c16-13-7-3-1-5-11(13)9-20-21-10-19-15(18)12-6-2-4-8-14(12)17/h1-8,16-17H,9-10H2. The van der Waals surface area contributed by atoms with Gasteiger partial charge in [-0.3, -0.25) is 0 Å². The van der Waals surface area contributed by atoms with Crippen LogP contribution in [0.15, 0.2) is 48.5 Å². The van der Waals surface area contributed by atoms with Crippen LogP contribution in [0.5, 0.6) is 11.5 Å². The number of phenolic OH excluding ortho intramolecular Hbond substituents is 2. The summed E-state index contributed by atoms with van der Waals surface area (Å²) < 4.78 is 4.77. The van der Waals surface area contributed by atoms with E-state index in [4.69, 9.17) is 9.62 Å². The summed E-state index contributed by atoms with van der Waals surface area (Å²) in [5, 5.41) is 18.9. The van der Waals surface area contributed by atoms with Gasteiger partial charge in [-0.15, -0.1) is 0 Å². The maximum atomic E-state index is 11.6. The van der Waals surface area contributed by atoms with E-state index in [0.29, 0.717) is 5.56 Å². The molecule has 2 rings (SSSR count). The molecule has 2 N–H and O–H groups in total. The van der Waals surface area contributed by atoms with Gasteiger partial charge in [0.05, 0.1) is 0 Å². The molecular formula is C15H14O6. The van der Waals surface area contributed by atoms with Crippen molar-refractivity contribution in [1.82, 2.24) is 0 Å². The van der Waals surface area contributed by atoms with E-state index >= 15 is 0 Å². The Kier molecular flexibility index (Phi) is 5.14. The first-order valence-corrected chi connectivity index (χ1v) is 6.15. The van der Waals surface area contributed by atoms with Crippen LogP contribution < -0.4 is 0 Å². The van der Waals surface area contributed by atoms with Gasteiger partial charge < -0.3 is 14.9 Å². The molecule has 0 aromatic heterocycles. The summed E-state index contributed by atoms with van der Waals surface area (Å²) in [6.45, 7) is -0.415. The number of hydrogen-bond donors (Lipinski definition) is 2. The predicted octanol–water partition coefficient (Wildman–Crippen LogP) is 2.36. The number of carbonyl (C=O) groups is 1. The lowest BCUT2D eigenvalue weighted by Gasteiger charge is -2.07. The molecule has 6 nitrogen and oxygen atoms in total. The highest BCUT2D eigenvalue weighted by atomic mass is 17.2. The van der Waals surface area contributed by atoms with Gasteiger partial charge >= 0.3 is 5.97 Å². The first-order valence-electron chi connectivity index (χ1n) is 6.15. The number of carbonyl (C=O) groups excluding carboxylic acids is 1. The van der Waals surface area contributed by atoms with Crippen molar-refractivity contribution >= 4 is 5.97 Å². The summed E-state index contributed by atoms with van der Waals surface area (Å²) in [6, 6.07) is 12.6. The van der Waals surface area contributed by atoms with Crippen molar-refractivity contribution in [1.29, 1.82) is 0 Å². The Morgan fingerprint density at radius 1 is 0.905 bits per heavy atom. The number of benzene rings is 2. The fourth-order valence-corrected chi connectivity index (χ4v) is 1.57. The van der Waals surface area contributed by atoms with Gasteiger partial charge in [0.2, 0.25) is 6.79 Å². The Morgan fingerprint density at radius 3 is 2.29 bits per heavy atom. The Labute approximate surface area is 121 Å². The summed E-state index contributed by atoms with van der Waals surface area (Å²) in [7, 11) is 0. The molecule has 2 aromatic rings. The highest BCUT2D eigenvalue weighted by molar-refractivity contribution is 5.92. The summed E-state index contributed by atoms with van der Waals surface area (Å²) in [5.41, 5.74) is 0.589. The van der Waals surface area contributed by atoms with Crippen molar-refractivity contribution < 1.29 is 29.5 Å². The third kappa shape index (κ3) is 4.20. The second kappa shape index (κ2) is 7.28. The monoisotopic (exact) mass is 290 g/mol. The lowest BCUT2D eigenvalue weighted by molar-refractivity contribution is -0.335. The van der Waals surface area contributed by atoms with E-state index in [1.165, 1.54) is 18.2 Å². The normalized spacial score (nSPS) is 10.3. The molecule has 0 aliphatic carbocycles. The summed E-state index contributed by atoms with van der Waals surface area (Å²) >= 11 is 0. The smallest absolute Gasteiger partial charge is 0.344 e. The Bertz CT molecular complexity index is 611.